The molecule has 0 fully saturated rings. The van der Waals surface area contributed by atoms with Crippen molar-refractivity contribution in [1.82, 2.24) is 5.32 Å². The van der Waals surface area contributed by atoms with Gasteiger partial charge in [0.2, 0.25) is 0 Å². The summed E-state index contributed by atoms with van der Waals surface area (Å²) in [4.78, 5) is 0. The van der Waals surface area contributed by atoms with Gasteiger partial charge in [-0.05, 0) is 39.7 Å². The number of unbranched alkanes of at least 4 members (excludes halogenated alkanes) is 4. The number of hydrogen-bond acceptors (Lipinski definition) is 2. The largest absolute Gasteiger partial charge is 0.378 e. The van der Waals surface area contributed by atoms with Gasteiger partial charge in [0.15, 0.2) is 0 Å². The summed E-state index contributed by atoms with van der Waals surface area (Å²) in [5.74, 6) is 0. The third-order valence-electron chi connectivity index (χ3n) is 3.08. The summed E-state index contributed by atoms with van der Waals surface area (Å²) >= 11 is 0. The second kappa shape index (κ2) is 12.4. The first kappa shape index (κ1) is 16.9. The fourth-order valence-electron chi connectivity index (χ4n) is 2.03. The van der Waals surface area contributed by atoms with Crippen LogP contribution >= 0.6 is 0 Å². The van der Waals surface area contributed by atoms with E-state index in [4.69, 9.17) is 4.74 Å². The van der Waals surface area contributed by atoms with Crippen molar-refractivity contribution in [2.24, 2.45) is 0 Å². The highest BCUT2D eigenvalue weighted by Gasteiger charge is 2.07. The first-order valence-electron chi connectivity index (χ1n) is 7.55. The van der Waals surface area contributed by atoms with Crippen LogP contribution in [0.3, 0.4) is 0 Å². The second-order valence-corrected chi connectivity index (χ2v) is 5.19. The van der Waals surface area contributed by atoms with Gasteiger partial charge in [-0.3, -0.25) is 0 Å². The molecule has 104 valence electrons. The SMILES string of the molecule is CCCCCCCOC(C)CC(C)NCCC. The Labute approximate surface area is 109 Å². The van der Waals surface area contributed by atoms with E-state index in [9.17, 15) is 0 Å². The van der Waals surface area contributed by atoms with Crippen molar-refractivity contribution in [3.8, 4) is 0 Å². The second-order valence-electron chi connectivity index (χ2n) is 5.19. The fourth-order valence-corrected chi connectivity index (χ4v) is 2.03. The van der Waals surface area contributed by atoms with Crippen LogP contribution in [-0.2, 0) is 4.74 Å². The van der Waals surface area contributed by atoms with E-state index in [0.29, 0.717) is 12.1 Å². The van der Waals surface area contributed by atoms with E-state index in [1.807, 2.05) is 0 Å². The van der Waals surface area contributed by atoms with E-state index in [0.717, 1.165) is 19.6 Å². The Hall–Kier alpha value is -0.0800. The average molecular weight is 243 g/mol. The highest BCUT2D eigenvalue weighted by atomic mass is 16.5. The molecule has 2 atom stereocenters. The normalized spacial score (nSPS) is 14.8. The molecule has 0 amide bonds. The zero-order valence-electron chi connectivity index (χ0n) is 12.4. The number of rotatable bonds is 12. The van der Waals surface area contributed by atoms with Gasteiger partial charge < -0.3 is 10.1 Å². The van der Waals surface area contributed by atoms with E-state index in [2.05, 4.69) is 33.0 Å². The molecule has 0 aromatic rings. The molecule has 2 nitrogen and oxygen atoms in total. The quantitative estimate of drug-likeness (QED) is 0.520. The van der Waals surface area contributed by atoms with Crippen LogP contribution in [0.5, 0.6) is 0 Å². The molecule has 0 saturated heterocycles. The monoisotopic (exact) mass is 243 g/mol. The lowest BCUT2D eigenvalue weighted by Gasteiger charge is -2.19. The van der Waals surface area contributed by atoms with Gasteiger partial charge in [-0.25, -0.2) is 0 Å². The molecule has 2 heteroatoms. The molecule has 0 heterocycles. The maximum absolute atomic E-state index is 5.83. The lowest BCUT2D eigenvalue weighted by molar-refractivity contribution is 0.0516. The molecule has 0 aromatic heterocycles. The van der Waals surface area contributed by atoms with E-state index >= 15 is 0 Å². The van der Waals surface area contributed by atoms with Crippen LogP contribution in [0.15, 0.2) is 0 Å². The Kier molecular flexibility index (Phi) is 12.3. The summed E-state index contributed by atoms with van der Waals surface area (Å²) in [6.07, 6.45) is 9.31. The molecule has 0 bridgehead atoms. The van der Waals surface area contributed by atoms with Gasteiger partial charge in [-0.15, -0.1) is 0 Å². The highest BCUT2D eigenvalue weighted by molar-refractivity contribution is 4.64. The summed E-state index contributed by atoms with van der Waals surface area (Å²) in [6.45, 7) is 10.9. The van der Waals surface area contributed by atoms with Crippen LogP contribution in [0.2, 0.25) is 0 Å². The van der Waals surface area contributed by atoms with Crippen LogP contribution in [0.4, 0.5) is 0 Å². The fraction of sp³-hybridized carbons (Fsp3) is 1.00. The molecule has 0 aliphatic carbocycles. The molecule has 0 saturated carbocycles. The van der Waals surface area contributed by atoms with Crippen LogP contribution < -0.4 is 5.32 Å². The minimum atomic E-state index is 0.389. The Bertz CT molecular complexity index is 150. The van der Waals surface area contributed by atoms with E-state index in [1.54, 1.807) is 0 Å². The predicted molar refractivity (Wildman–Crippen MR) is 76.5 cm³/mol. The van der Waals surface area contributed by atoms with Crippen molar-refractivity contribution < 1.29 is 4.74 Å². The third kappa shape index (κ3) is 12.2. The molecule has 0 rings (SSSR count). The molecular weight excluding hydrogens is 210 g/mol. The lowest BCUT2D eigenvalue weighted by atomic mass is 10.1. The van der Waals surface area contributed by atoms with Crippen molar-refractivity contribution in [2.75, 3.05) is 13.2 Å². The van der Waals surface area contributed by atoms with Crippen molar-refractivity contribution in [3.63, 3.8) is 0 Å². The van der Waals surface area contributed by atoms with Gasteiger partial charge >= 0.3 is 0 Å². The Balaban J connectivity index is 3.30. The first-order chi connectivity index (χ1) is 8.20. The van der Waals surface area contributed by atoms with E-state index in [1.165, 1.54) is 38.5 Å². The minimum absolute atomic E-state index is 0.389. The Morgan fingerprint density at radius 2 is 1.65 bits per heavy atom. The van der Waals surface area contributed by atoms with Crippen LogP contribution in [0.1, 0.15) is 72.6 Å². The summed E-state index contributed by atoms with van der Waals surface area (Å²) in [6, 6.07) is 0.574. The summed E-state index contributed by atoms with van der Waals surface area (Å²) < 4.78 is 5.83. The van der Waals surface area contributed by atoms with Gasteiger partial charge in [0.25, 0.3) is 0 Å². The van der Waals surface area contributed by atoms with Gasteiger partial charge in [0.1, 0.15) is 0 Å². The standard InChI is InChI=1S/C15H33NO/c1-5-7-8-9-10-12-17-15(4)13-14(3)16-11-6-2/h14-16H,5-13H2,1-4H3. The summed E-state index contributed by atoms with van der Waals surface area (Å²) in [5, 5.41) is 3.50. The average Bonchev–Trinajstić information content (AvgIpc) is 2.31. The third-order valence-corrected chi connectivity index (χ3v) is 3.08. The van der Waals surface area contributed by atoms with Crippen molar-refractivity contribution in [3.05, 3.63) is 0 Å². The Morgan fingerprint density at radius 3 is 2.29 bits per heavy atom. The molecule has 17 heavy (non-hydrogen) atoms. The molecule has 2 unspecified atom stereocenters. The van der Waals surface area contributed by atoms with E-state index in [-0.39, 0.29) is 0 Å². The summed E-state index contributed by atoms with van der Waals surface area (Å²) in [5.41, 5.74) is 0. The van der Waals surface area contributed by atoms with Crippen molar-refractivity contribution >= 4 is 0 Å². The summed E-state index contributed by atoms with van der Waals surface area (Å²) in [7, 11) is 0. The van der Waals surface area contributed by atoms with Crippen LogP contribution in [-0.4, -0.2) is 25.3 Å². The maximum atomic E-state index is 5.83. The maximum Gasteiger partial charge on any atom is 0.0561 e. The Morgan fingerprint density at radius 1 is 0.941 bits per heavy atom. The van der Waals surface area contributed by atoms with Gasteiger partial charge in [-0.1, -0.05) is 39.5 Å². The molecule has 0 radical (unpaired) electrons. The predicted octanol–water partition coefficient (Wildman–Crippen LogP) is 4.14. The highest BCUT2D eigenvalue weighted by Crippen LogP contribution is 2.06. The molecule has 0 aliphatic rings. The number of nitrogens with one attached hydrogen (secondary N) is 1. The smallest absolute Gasteiger partial charge is 0.0561 e. The molecule has 1 N–H and O–H groups in total. The molecule has 0 spiro atoms. The topological polar surface area (TPSA) is 21.3 Å². The van der Waals surface area contributed by atoms with Crippen molar-refractivity contribution in [2.45, 2.75) is 84.8 Å². The number of hydrogen-bond donors (Lipinski definition) is 1. The van der Waals surface area contributed by atoms with Gasteiger partial charge in [0.05, 0.1) is 6.10 Å². The van der Waals surface area contributed by atoms with Crippen molar-refractivity contribution in [1.29, 1.82) is 0 Å². The van der Waals surface area contributed by atoms with Gasteiger partial charge in [0, 0.05) is 12.6 Å². The minimum Gasteiger partial charge on any atom is -0.378 e. The number of ether oxygens (including phenoxy) is 1. The molecular formula is C15H33NO. The lowest BCUT2D eigenvalue weighted by Crippen LogP contribution is -2.30. The van der Waals surface area contributed by atoms with Gasteiger partial charge in [-0.2, -0.15) is 0 Å². The first-order valence-corrected chi connectivity index (χ1v) is 7.55. The zero-order valence-corrected chi connectivity index (χ0v) is 12.4. The molecule has 0 aliphatic heterocycles. The molecule has 0 aromatic carbocycles. The van der Waals surface area contributed by atoms with E-state index < -0.39 is 0 Å². The van der Waals surface area contributed by atoms with Crippen LogP contribution in [0, 0.1) is 0 Å². The van der Waals surface area contributed by atoms with Crippen LogP contribution in [0.25, 0.3) is 0 Å². The zero-order chi connectivity index (χ0) is 12.9.